The molecule has 0 spiro atoms. The lowest BCUT2D eigenvalue weighted by Crippen LogP contribution is -2.32. The minimum absolute atomic E-state index is 0.128. The fraction of sp³-hybridized carbons (Fsp3) is 0.0400. The molecule has 5 rings (SSSR count). The number of esters is 1. The first-order valence-electron chi connectivity index (χ1n) is 10.4. The second kappa shape index (κ2) is 9.12. The van der Waals surface area contributed by atoms with Crippen molar-refractivity contribution in [1.82, 2.24) is 0 Å². The molecule has 0 aromatic heterocycles. The summed E-state index contributed by atoms with van der Waals surface area (Å²) >= 11 is 6.92. The van der Waals surface area contributed by atoms with E-state index >= 15 is 0 Å². The van der Waals surface area contributed by atoms with Crippen LogP contribution in [-0.4, -0.2) is 22.2 Å². The zero-order chi connectivity index (χ0) is 23.7. The molecule has 1 fully saturated rings. The molecule has 0 unspecified atom stereocenters. The molecule has 0 bridgehead atoms. The van der Waals surface area contributed by atoms with Gasteiger partial charge in [-0.1, -0.05) is 54.6 Å². The fourth-order valence-corrected chi connectivity index (χ4v) is 4.96. The van der Waals surface area contributed by atoms with Crippen LogP contribution in [0.3, 0.4) is 0 Å². The van der Waals surface area contributed by atoms with Crippen molar-refractivity contribution in [2.75, 3.05) is 14.8 Å². The van der Waals surface area contributed by atoms with Crippen LogP contribution in [0.4, 0.5) is 17.1 Å². The molecule has 168 valence electrons. The molecule has 34 heavy (non-hydrogen) atoms. The highest BCUT2D eigenvalue weighted by molar-refractivity contribution is 8.17. The Morgan fingerprint density at radius 2 is 1.32 bits per heavy atom. The largest absolute Gasteiger partial charge is 0.400 e. The molecule has 0 radical (unpaired) electrons. The van der Waals surface area contributed by atoms with Crippen molar-refractivity contribution in [3.8, 4) is 0 Å². The summed E-state index contributed by atoms with van der Waals surface area (Å²) in [6.45, 7) is 1.31. The van der Waals surface area contributed by atoms with Gasteiger partial charge in [-0.25, -0.2) is 5.01 Å². The average molecular weight is 487 g/mol. The Bertz CT molecular complexity index is 1330. The van der Waals surface area contributed by atoms with E-state index in [9.17, 15) is 9.59 Å². The number of rotatable bonds is 3. The van der Waals surface area contributed by atoms with E-state index < -0.39 is 5.97 Å². The summed E-state index contributed by atoms with van der Waals surface area (Å²) in [5.74, 6) is -0.799. The molecule has 1 saturated heterocycles. The van der Waals surface area contributed by atoms with E-state index in [0.29, 0.717) is 27.2 Å². The van der Waals surface area contributed by atoms with Gasteiger partial charge in [-0.15, -0.1) is 5.10 Å². The highest BCUT2D eigenvalue weighted by atomic mass is 32.2. The zero-order valence-corrected chi connectivity index (χ0v) is 19.6. The van der Waals surface area contributed by atoms with Gasteiger partial charge in [0.2, 0.25) is 0 Å². The number of para-hydroxylation sites is 3. The van der Waals surface area contributed by atoms with Crippen molar-refractivity contribution >= 4 is 63.3 Å². The third-order valence-electron chi connectivity index (χ3n) is 5.03. The van der Waals surface area contributed by atoms with Crippen molar-refractivity contribution in [2.24, 2.45) is 5.10 Å². The maximum atomic E-state index is 13.9. The van der Waals surface area contributed by atoms with E-state index in [4.69, 9.17) is 17.0 Å². The van der Waals surface area contributed by atoms with E-state index in [1.165, 1.54) is 11.8 Å². The number of thiocarbonyl (C=S) groups is 1. The number of thioether (sulfide) groups is 1. The van der Waals surface area contributed by atoms with Gasteiger partial charge in [0.1, 0.15) is 10.7 Å². The topological polar surface area (TPSA) is 65.5 Å². The first-order chi connectivity index (χ1) is 16.5. The van der Waals surface area contributed by atoms with Gasteiger partial charge >= 0.3 is 5.97 Å². The van der Waals surface area contributed by atoms with Gasteiger partial charge < -0.3 is 4.74 Å². The molecule has 1 amide bonds. The number of carbonyl (C=O) groups excluding carboxylic acids is 2. The van der Waals surface area contributed by atoms with Crippen molar-refractivity contribution in [1.29, 1.82) is 0 Å². The molecular weight excluding hydrogens is 468 g/mol. The highest BCUT2D eigenvalue weighted by Crippen LogP contribution is 2.42. The molecule has 3 aromatic carbocycles. The van der Waals surface area contributed by atoms with Crippen molar-refractivity contribution in [3.63, 3.8) is 0 Å². The molecule has 2 aliphatic rings. The number of carbonyl (C=O) groups is 2. The van der Waals surface area contributed by atoms with E-state index in [-0.39, 0.29) is 11.1 Å². The molecule has 0 aliphatic carbocycles. The first-order valence-corrected chi connectivity index (χ1v) is 11.6. The third-order valence-corrected chi connectivity index (χ3v) is 6.30. The molecule has 7 nitrogen and oxygen atoms in total. The van der Waals surface area contributed by atoms with Gasteiger partial charge in [0, 0.05) is 12.6 Å². The van der Waals surface area contributed by atoms with Crippen LogP contribution >= 0.6 is 24.0 Å². The number of amides is 1. The minimum Gasteiger partial charge on any atom is -0.400 e. The van der Waals surface area contributed by atoms with Gasteiger partial charge in [-0.05, 0) is 60.4 Å². The number of ether oxygens (including phenoxy) is 1. The molecule has 0 N–H and O–H groups in total. The molecular formula is C25H18N4O3S2. The lowest BCUT2D eigenvalue weighted by atomic mass is 10.2. The molecule has 3 aromatic rings. The van der Waals surface area contributed by atoms with E-state index in [2.05, 4.69) is 5.10 Å². The first kappa shape index (κ1) is 21.9. The number of hydrogen-bond donors (Lipinski definition) is 0. The monoisotopic (exact) mass is 486 g/mol. The van der Waals surface area contributed by atoms with Gasteiger partial charge in [0.15, 0.2) is 5.11 Å². The van der Waals surface area contributed by atoms with Crippen LogP contribution in [0.25, 0.3) is 0 Å². The Kier molecular flexibility index (Phi) is 5.87. The highest BCUT2D eigenvalue weighted by Gasteiger charge is 2.45. The van der Waals surface area contributed by atoms with Crippen molar-refractivity contribution < 1.29 is 14.3 Å². The lowest BCUT2D eigenvalue weighted by Gasteiger charge is -2.22. The molecule has 0 atom stereocenters. The van der Waals surface area contributed by atoms with E-state index in [1.54, 1.807) is 9.91 Å². The van der Waals surface area contributed by atoms with Crippen molar-refractivity contribution in [2.45, 2.75) is 6.92 Å². The number of benzene rings is 3. The second-order valence-corrected chi connectivity index (χ2v) is 8.60. The smallest absolute Gasteiger partial charge is 0.309 e. The van der Waals surface area contributed by atoms with Gasteiger partial charge in [0.25, 0.3) is 11.1 Å². The minimum atomic E-state index is -0.496. The summed E-state index contributed by atoms with van der Waals surface area (Å²) in [6, 6.07) is 28.0. The van der Waals surface area contributed by atoms with Crippen LogP contribution in [0.15, 0.2) is 107 Å². The van der Waals surface area contributed by atoms with Gasteiger partial charge in [0.05, 0.1) is 11.4 Å². The summed E-state index contributed by atoms with van der Waals surface area (Å²) in [5.41, 5.74) is 2.42. The lowest BCUT2D eigenvalue weighted by molar-refractivity contribution is -0.132. The molecule has 2 aliphatic heterocycles. The van der Waals surface area contributed by atoms with Crippen LogP contribution in [0.1, 0.15) is 6.92 Å². The predicted molar refractivity (Wildman–Crippen MR) is 138 cm³/mol. The summed E-state index contributed by atoms with van der Waals surface area (Å²) in [7, 11) is 0. The number of hydrazone groups is 1. The number of anilines is 3. The van der Waals surface area contributed by atoms with Crippen molar-refractivity contribution in [3.05, 3.63) is 102 Å². The standard InChI is InChI=1S/C25H18N4O3S2/c1-17(30)32-24-26-29(20-15-9-4-10-16-20)23(34-24)21-22(31)28(19-13-7-3-8-14-19)25(33)27(21)18-11-5-2-6-12-18/h2-16H,1H3/b23-21-. The Balaban J connectivity index is 1.70. The van der Waals surface area contributed by atoms with Crippen LogP contribution in [-0.2, 0) is 14.3 Å². The SMILES string of the molecule is CC(=O)OC1=NN(c2ccccc2)/C(=C2\C(=O)N(c3ccccc3)C(=S)N2c2ccccc2)S1. The Morgan fingerprint density at radius 1 is 0.824 bits per heavy atom. The number of hydrogen-bond acceptors (Lipinski definition) is 7. The maximum Gasteiger partial charge on any atom is 0.309 e. The Labute approximate surface area is 205 Å². The predicted octanol–water partition coefficient (Wildman–Crippen LogP) is 5.08. The van der Waals surface area contributed by atoms with Crippen LogP contribution in [0, 0.1) is 0 Å². The van der Waals surface area contributed by atoms with E-state index in [1.807, 2.05) is 91.0 Å². The summed E-state index contributed by atoms with van der Waals surface area (Å²) in [5, 5.41) is 7.01. The fourth-order valence-electron chi connectivity index (χ4n) is 3.62. The molecule has 0 saturated carbocycles. The Hall–Kier alpha value is -3.95. The second-order valence-electron chi connectivity index (χ2n) is 7.29. The summed E-state index contributed by atoms with van der Waals surface area (Å²) in [4.78, 5) is 28.8. The van der Waals surface area contributed by atoms with Crippen LogP contribution < -0.4 is 14.8 Å². The molecule has 9 heteroatoms. The van der Waals surface area contributed by atoms with Crippen LogP contribution in [0.2, 0.25) is 0 Å². The maximum absolute atomic E-state index is 13.9. The summed E-state index contributed by atoms with van der Waals surface area (Å²) < 4.78 is 5.29. The van der Waals surface area contributed by atoms with Crippen LogP contribution in [0.5, 0.6) is 0 Å². The normalized spacial score (nSPS) is 17.9. The Morgan fingerprint density at radius 3 is 1.85 bits per heavy atom. The average Bonchev–Trinajstić information content (AvgIpc) is 3.37. The number of nitrogens with zero attached hydrogens (tertiary/aromatic N) is 4. The quantitative estimate of drug-likeness (QED) is 0.291. The van der Waals surface area contributed by atoms with Gasteiger partial charge in [-0.2, -0.15) is 0 Å². The summed E-state index contributed by atoms with van der Waals surface area (Å²) in [6.07, 6.45) is 0. The van der Waals surface area contributed by atoms with Gasteiger partial charge in [-0.3, -0.25) is 19.4 Å². The third kappa shape index (κ3) is 3.95. The zero-order valence-electron chi connectivity index (χ0n) is 18.0. The van der Waals surface area contributed by atoms with E-state index in [0.717, 1.165) is 17.4 Å². The molecule has 2 heterocycles.